The van der Waals surface area contributed by atoms with Crippen LogP contribution in [0.25, 0.3) is 0 Å². The monoisotopic (exact) mass is 574 g/mol. The van der Waals surface area contributed by atoms with Crippen LogP contribution in [0, 0.1) is 13.8 Å². The van der Waals surface area contributed by atoms with Gasteiger partial charge in [-0.25, -0.2) is 18.0 Å². The maximum atomic E-state index is 13.4. The molecule has 8 nitrogen and oxygen atoms in total. The molecule has 41 heavy (non-hydrogen) atoms. The average molecular weight is 575 g/mol. The third-order valence-corrected chi connectivity index (χ3v) is 7.88. The molecule has 0 N–H and O–H groups in total. The van der Waals surface area contributed by atoms with Crippen LogP contribution in [0.5, 0.6) is 23.0 Å². The number of hydrogen-bond acceptors (Lipinski definition) is 8. The Bertz CT molecular complexity index is 1570. The van der Waals surface area contributed by atoms with Crippen LogP contribution in [0.2, 0.25) is 0 Å². The quantitative estimate of drug-likeness (QED) is 0.159. The molecule has 4 aromatic carbocycles. The van der Waals surface area contributed by atoms with Gasteiger partial charge in [0, 0.05) is 0 Å². The van der Waals surface area contributed by atoms with E-state index in [4.69, 9.17) is 18.9 Å². The largest absolute Gasteiger partial charge is 0.493 e. The number of carbonyl (C=O) groups is 2. The van der Waals surface area contributed by atoms with E-state index in [-0.39, 0.29) is 32.4 Å². The molecule has 0 heterocycles. The standard InChI is InChI=1S/C32H30O8S/c1-5-37-29-13-9-7-11-25(29)31(33)39-27-17-15-23(19-21(27)3)41(35,36)24-16-18-28(22(4)20-24)40-32(34)26-12-8-10-14-30(26)38-6-2/h7-20H,5-6H2,1-4H3. The molecule has 0 unspecified atom stereocenters. The molecule has 4 aromatic rings. The van der Waals surface area contributed by atoms with Crippen LogP contribution in [-0.2, 0) is 9.84 Å². The normalized spacial score (nSPS) is 11.0. The highest BCUT2D eigenvalue weighted by Gasteiger charge is 2.22. The smallest absolute Gasteiger partial charge is 0.347 e. The first kappa shape index (κ1) is 29.4. The van der Waals surface area contributed by atoms with Crippen LogP contribution < -0.4 is 18.9 Å². The second-order valence-corrected chi connectivity index (χ2v) is 10.9. The van der Waals surface area contributed by atoms with Gasteiger partial charge >= 0.3 is 11.9 Å². The highest BCUT2D eigenvalue weighted by molar-refractivity contribution is 7.91. The van der Waals surface area contributed by atoms with Crippen LogP contribution >= 0.6 is 0 Å². The topological polar surface area (TPSA) is 105 Å². The molecule has 0 aliphatic rings. The van der Waals surface area contributed by atoms with Gasteiger partial charge in [-0.1, -0.05) is 24.3 Å². The molecule has 212 valence electrons. The summed E-state index contributed by atoms with van der Waals surface area (Å²) in [6.07, 6.45) is 0. The van der Waals surface area contributed by atoms with Gasteiger partial charge in [-0.3, -0.25) is 0 Å². The number of rotatable bonds is 10. The average Bonchev–Trinajstić information content (AvgIpc) is 2.96. The van der Waals surface area contributed by atoms with E-state index in [0.717, 1.165) is 0 Å². The third kappa shape index (κ3) is 6.58. The zero-order valence-corrected chi connectivity index (χ0v) is 24.0. The van der Waals surface area contributed by atoms with Gasteiger partial charge in [-0.2, -0.15) is 0 Å². The molecule has 0 aromatic heterocycles. The van der Waals surface area contributed by atoms with Gasteiger partial charge in [0.15, 0.2) is 0 Å². The van der Waals surface area contributed by atoms with Crippen LogP contribution in [0.15, 0.2) is 94.7 Å². The van der Waals surface area contributed by atoms with Crippen molar-refractivity contribution in [2.24, 2.45) is 0 Å². The lowest BCUT2D eigenvalue weighted by atomic mass is 10.2. The Balaban J connectivity index is 1.53. The molecule has 0 saturated carbocycles. The van der Waals surface area contributed by atoms with E-state index in [2.05, 4.69) is 0 Å². The van der Waals surface area contributed by atoms with Crippen molar-refractivity contribution in [2.45, 2.75) is 37.5 Å². The first-order valence-electron chi connectivity index (χ1n) is 13.0. The fourth-order valence-corrected chi connectivity index (χ4v) is 5.52. The van der Waals surface area contributed by atoms with E-state index in [1.54, 1.807) is 62.4 Å². The lowest BCUT2D eigenvalue weighted by molar-refractivity contribution is 0.0719. The van der Waals surface area contributed by atoms with Gasteiger partial charge in [0.25, 0.3) is 0 Å². The van der Waals surface area contributed by atoms with E-state index < -0.39 is 21.8 Å². The minimum absolute atomic E-state index is 0.0271. The predicted molar refractivity (Wildman–Crippen MR) is 153 cm³/mol. The minimum Gasteiger partial charge on any atom is -0.493 e. The maximum absolute atomic E-state index is 13.4. The summed E-state index contributed by atoms with van der Waals surface area (Å²) >= 11 is 0. The van der Waals surface area contributed by atoms with Gasteiger partial charge in [-0.05, 0) is 99.5 Å². The first-order valence-corrected chi connectivity index (χ1v) is 14.5. The van der Waals surface area contributed by atoms with Gasteiger partial charge in [0.2, 0.25) is 9.84 Å². The number of sulfone groups is 1. The Kier molecular flexibility index (Phi) is 9.09. The van der Waals surface area contributed by atoms with Gasteiger partial charge in [-0.15, -0.1) is 0 Å². The lowest BCUT2D eigenvalue weighted by Gasteiger charge is -2.13. The van der Waals surface area contributed by atoms with Crippen molar-refractivity contribution in [3.05, 3.63) is 107 Å². The molecule has 0 atom stereocenters. The molecule has 0 fully saturated rings. The number of ether oxygens (including phenoxy) is 4. The molecule has 0 aliphatic heterocycles. The Hall–Kier alpha value is -4.63. The summed E-state index contributed by atoms with van der Waals surface area (Å²) in [5.74, 6) is 0.0338. The van der Waals surface area contributed by atoms with Crippen LogP contribution in [-0.4, -0.2) is 33.6 Å². The van der Waals surface area contributed by atoms with Gasteiger partial charge in [0.1, 0.15) is 34.1 Å². The number of para-hydroxylation sites is 2. The van der Waals surface area contributed by atoms with E-state index in [1.807, 2.05) is 13.8 Å². The Labute approximate surface area is 239 Å². The number of esters is 2. The summed E-state index contributed by atoms with van der Waals surface area (Å²) in [6.45, 7) is 7.72. The van der Waals surface area contributed by atoms with E-state index >= 15 is 0 Å². The Morgan fingerprint density at radius 2 is 0.976 bits per heavy atom. The zero-order valence-electron chi connectivity index (χ0n) is 23.2. The molecule has 9 heteroatoms. The summed E-state index contributed by atoms with van der Waals surface area (Å²) in [7, 11) is -3.93. The van der Waals surface area contributed by atoms with Crippen molar-refractivity contribution in [3.63, 3.8) is 0 Å². The zero-order chi connectivity index (χ0) is 29.6. The van der Waals surface area contributed by atoms with Crippen molar-refractivity contribution < 1.29 is 37.0 Å². The SMILES string of the molecule is CCOc1ccccc1C(=O)Oc1ccc(S(=O)(=O)c2ccc(OC(=O)c3ccccc3OCC)c(C)c2)cc1C. The molecule has 0 bridgehead atoms. The molecular weight excluding hydrogens is 544 g/mol. The highest BCUT2D eigenvalue weighted by atomic mass is 32.2. The summed E-state index contributed by atoms with van der Waals surface area (Å²) in [5.41, 5.74) is 1.46. The van der Waals surface area contributed by atoms with Crippen LogP contribution in [0.4, 0.5) is 0 Å². The second-order valence-electron chi connectivity index (χ2n) is 9.00. The minimum atomic E-state index is -3.93. The van der Waals surface area contributed by atoms with Crippen molar-refractivity contribution in [2.75, 3.05) is 13.2 Å². The molecular formula is C32H30O8S. The molecule has 0 aliphatic carbocycles. The Morgan fingerprint density at radius 1 is 0.585 bits per heavy atom. The second kappa shape index (κ2) is 12.7. The van der Waals surface area contributed by atoms with Crippen molar-refractivity contribution in [1.29, 1.82) is 0 Å². The fourth-order valence-electron chi connectivity index (χ4n) is 4.09. The molecule has 4 rings (SSSR count). The molecule has 0 saturated heterocycles. The third-order valence-electron chi connectivity index (χ3n) is 6.13. The summed E-state index contributed by atoms with van der Waals surface area (Å²) in [6, 6.07) is 22.0. The lowest BCUT2D eigenvalue weighted by Crippen LogP contribution is -2.12. The van der Waals surface area contributed by atoms with Crippen molar-refractivity contribution in [3.8, 4) is 23.0 Å². The van der Waals surface area contributed by atoms with Crippen molar-refractivity contribution >= 4 is 21.8 Å². The summed E-state index contributed by atoms with van der Waals surface area (Å²) < 4.78 is 49.0. The van der Waals surface area contributed by atoms with Crippen LogP contribution in [0.3, 0.4) is 0 Å². The van der Waals surface area contributed by atoms with Crippen molar-refractivity contribution in [1.82, 2.24) is 0 Å². The number of hydrogen-bond donors (Lipinski definition) is 0. The van der Waals surface area contributed by atoms with Gasteiger partial charge < -0.3 is 18.9 Å². The highest BCUT2D eigenvalue weighted by Crippen LogP contribution is 2.31. The summed E-state index contributed by atoms with van der Waals surface area (Å²) in [5, 5.41) is 0. The van der Waals surface area contributed by atoms with Gasteiger partial charge in [0.05, 0.1) is 23.0 Å². The van der Waals surface area contributed by atoms with E-state index in [0.29, 0.717) is 35.8 Å². The Morgan fingerprint density at radius 3 is 1.34 bits per heavy atom. The fraction of sp³-hybridized carbons (Fsp3) is 0.188. The molecule has 0 radical (unpaired) electrons. The van der Waals surface area contributed by atoms with E-state index in [1.165, 1.54) is 36.4 Å². The first-order chi connectivity index (χ1) is 19.6. The number of aryl methyl sites for hydroxylation is 2. The van der Waals surface area contributed by atoms with E-state index in [9.17, 15) is 18.0 Å². The number of carbonyl (C=O) groups excluding carboxylic acids is 2. The van der Waals surface area contributed by atoms with Crippen LogP contribution in [0.1, 0.15) is 45.7 Å². The maximum Gasteiger partial charge on any atom is 0.347 e. The molecule has 0 amide bonds. The summed E-state index contributed by atoms with van der Waals surface area (Å²) in [4.78, 5) is 25.6. The molecule has 0 spiro atoms. The number of benzene rings is 4. The predicted octanol–water partition coefficient (Wildman–Crippen LogP) is 6.37.